The highest BCUT2D eigenvalue weighted by molar-refractivity contribution is 5.92. The second-order valence-corrected chi connectivity index (χ2v) is 4.98. The molecule has 1 N–H and O–H groups in total. The molecule has 3 rings (SSSR count). The van der Waals surface area contributed by atoms with E-state index in [1.54, 1.807) is 24.5 Å². The number of rotatable bonds is 5. The summed E-state index contributed by atoms with van der Waals surface area (Å²) in [5.74, 6) is 0.718. The molecule has 1 aromatic carbocycles. The lowest BCUT2D eigenvalue weighted by molar-refractivity contribution is 0.0597. The molecule has 0 unspecified atom stereocenters. The zero-order valence-electron chi connectivity index (χ0n) is 13.3. The van der Waals surface area contributed by atoms with E-state index < -0.39 is 5.97 Å². The molecule has 0 spiro atoms. The molecule has 0 saturated heterocycles. The number of carbonyl (C=O) groups is 1. The smallest absolute Gasteiger partial charge is 0.341 e. The summed E-state index contributed by atoms with van der Waals surface area (Å²) in [5, 5.41) is 3.20. The van der Waals surface area contributed by atoms with Crippen LogP contribution in [0.15, 0.2) is 42.7 Å². The van der Waals surface area contributed by atoms with Crippen LogP contribution in [0.2, 0.25) is 0 Å². The summed E-state index contributed by atoms with van der Waals surface area (Å²) in [4.78, 5) is 24.6. The first kappa shape index (κ1) is 15.7. The minimum absolute atomic E-state index is 0.386. The van der Waals surface area contributed by atoms with Crippen LogP contribution in [0.3, 0.4) is 0 Å². The van der Waals surface area contributed by atoms with Crippen molar-refractivity contribution in [3.8, 4) is 5.75 Å². The van der Waals surface area contributed by atoms with Crippen LogP contribution in [-0.4, -0.2) is 35.1 Å². The molecule has 122 valence electrons. The van der Waals surface area contributed by atoms with E-state index in [1.165, 1.54) is 14.2 Å². The number of ether oxygens (including phenoxy) is 2. The highest BCUT2D eigenvalue weighted by atomic mass is 16.5. The number of methoxy groups -OCH3 is 2. The summed E-state index contributed by atoms with van der Waals surface area (Å²) in [5.41, 5.74) is 2.60. The Balaban J connectivity index is 1.79. The number of benzene rings is 1. The SMILES string of the molecule is COC(=O)c1cc(CNc2ccc3nccnc3n2)ccc1OC. The lowest BCUT2D eigenvalue weighted by Gasteiger charge is -2.10. The summed E-state index contributed by atoms with van der Waals surface area (Å²) in [6.45, 7) is 0.493. The van der Waals surface area contributed by atoms with Crippen molar-refractivity contribution in [1.29, 1.82) is 0 Å². The van der Waals surface area contributed by atoms with Crippen molar-refractivity contribution in [2.75, 3.05) is 19.5 Å². The third-order valence-electron chi connectivity index (χ3n) is 3.47. The molecule has 3 aromatic rings. The van der Waals surface area contributed by atoms with Crippen LogP contribution in [0.4, 0.5) is 5.82 Å². The second-order valence-electron chi connectivity index (χ2n) is 4.98. The number of anilines is 1. The van der Waals surface area contributed by atoms with Gasteiger partial charge < -0.3 is 14.8 Å². The Bertz CT molecular complexity index is 883. The van der Waals surface area contributed by atoms with Crippen LogP contribution < -0.4 is 10.1 Å². The Morgan fingerprint density at radius 2 is 1.96 bits per heavy atom. The van der Waals surface area contributed by atoms with Gasteiger partial charge in [-0.1, -0.05) is 6.07 Å². The Morgan fingerprint density at radius 3 is 2.75 bits per heavy atom. The van der Waals surface area contributed by atoms with Crippen LogP contribution in [0, 0.1) is 0 Å². The van der Waals surface area contributed by atoms with Crippen molar-refractivity contribution in [2.24, 2.45) is 0 Å². The monoisotopic (exact) mass is 324 g/mol. The van der Waals surface area contributed by atoms with Gasteiger partial charge in [-0.25, -0.2) is 14.8 Å². The van der Waals surface area contributed by atoms with E-state index in [4.69, 9.17) is 9.47 Å². The zero-order chi connectivity index (χ0) is 16.9. The summed E-state index contributed by atoms with van der Waals surface area (Å²) in [6.07, 6.45) is 3.23. The van der Waals surface area contributed by atoms with E-state index in [9.17, 15) is 4.79 Å². The molecule has 0 aliphatic carbocycles. The van der Waals surface area contributed by atoms with Crippen molar-refractivity contribution in [3.63, 3.8) is 0 Å². The third kappa shape index (κ3) is 3.24. The maximum Gasteiger partial charge on any atom is 0.341 e. The molecular weight excluding hydrogens is 308 g/mol. The summed E-state index contributed by atoms with van der Waals surface area (Å²) >= 11 is 0. The van der Waals surface area contributed by atoms with Crippen molar-refractivity contribution in [1.82, 2.24) is 15.0 Å². The number of aromatic nitrogens is 3. The number of pyridine rings is 1. The van der Waals surface area contributed by atoms with E-state index in [0.29, 0.717) is 29.3 Å². The van der Waals surface area contributed by atoms with Crippen LogP contribution in [0.25, 0.3) is 11.2 Å². The number of esters is 1. The average molecular weight is 324 g/mol. The molecule has 0 aliphatic rings. The molecular formula is C17H16N4O3. The number of hydrogen-bond donors (Lipinski definition) is 1. The van der Waals surface area contributed by atoms with Gasteiger partial charge in [0.2, 0.25) is 0 Å². The number of fused-ring (bicyclic) bond motifs is 1. The van der Waals surface area contributed by atoms with Crippen molar-refractivity contribution < 1.29 is 14.3 Å². The van der Waals surface area contributed by atoms with Gasteiger partial charge in [0.15, 0.2) is 5.65 Å². The number of nitrogens with zero attached hydrogens (tertiary/aromatic N) is 3. The molecule has 7 heteroatoms. The quantitative estimate of drug-likeness (QED) is 0.721. The molecule has 2 aromatic heterocycles. The van der Waals surface area contributed by atoms with Crippen molar-refractivity contribution >= 4 is 23.0 Å². The van der Waals surface area contributed by atoms with Crippen molar-refractivity contribution in [2.45, 2.75) is 6.54 Å². The average Bonchev–Trinajstić information content (AvgIpc) is 2.65. The molecule has 24 heavy (non-hydrogen) atoms. The fraction of sp³-hybridized carbons (Fsp3) is 0.176. The first-order chi connectivity index (χ1) is 11.7. The van der Waals surface area contributed by atoms with Gasteiger partial charge in [-0.3, -0.25) is 4.98 Å². The largest absolute Gasteiger partial charge is 0.496 e. The lowest BCUT2D eigenvalue weighted by atomic mass is 10.1. The zero-order valence-corrected chi connectivity index (χ0v) is 13.3. The van der Waals surface area contributed by atoms with Crippen molar-refractivity contribution in [3.05, 3.63) is 53.9 Å². The fourth-order valence-corrected chi connectivity index (χ4v) is 2.28. The third-order valence-corrected chi connectivity index (χ3v) is 3.47. The van der Waals surface area contributed by atoms with E-state index in [1.807, 2.05) is 18.2 Å². The second kappa shape index (κ2) is 6.91. The molecule has 0 bridgehead atoms. The van der Waals surface area contributed by atoms with Gasteiger partial charge in [-0.15, -0.1) is 0 Å². The Kier molecular flexibility index (Phi) is 4.51. The molecule has 0 fully saturated rings. The normalized spacial score (nSPS) is 10.4. The summed E-state index contributed by atoms with van der Waals surface area (Å²) in [7, 11) is 2.85. The molecule has 0 saturated carbocycles. The highest BCUT2D eigenvalue weighted by Crippen LogP contribution is 2.21. The summed E-state index contributed by atoms with van der Waals surface area (Å²) < 4.78 is 9.96. The Morgan fingerprint density at radius 1 is 1.12 bits per heavy atom. The topological polar surface area (TPSA) is 86.2 Å². The van der Waals surface area contributed by atoms with Gasteiger partial charge in [0, 0.05) is 18.9 Å². The van der Waals surface area contributed by atoms with Gasteiger partial charge >= 0.3 is 5.97 Å². The summed E-state index contributed by atoms with van der Waals surface area (Å²) in [6, 6.07) is 9.04. The Labute approximate surface area is 138 Å². The first-order valence-electron chi connectivity index (χ1n) is 7.28. The number of nitrogens with one attached hydrogen (secondary N) is 1. The van der Waals surface area contributed by atoms with Crippen LogP contribution in [-0.2, 0) is 11.3 Å². The van der Waals surface area contributed by atoms with E-state index in [0.717, 1.165) is 11.1 Å². The molecule has 0 radical (unpaired) electrons. The van der Waals surface area contributed by atoms with Crippen LogP contribution >= 0.6 is 0 Å². The minimum atomic E-state index is -0.437. The number of hydrogen-bond acceptors (Lipinski definition) is 7. The predicted molar refractivity (Wildman–Crippen MR) is 89.0 cm³/mol. The standard InChI is InChI=1S/C17H16N4O3/c1-23-14-5-3-11(9-12(14)17(22)24-2)10-20-15-6-4-13-16(21-15)19-8-7-18-13/h3-9H,10H2,1-2H3,(H,19,20,21). The lowest BCUT2D eigenvalue weighted by Crippen LogP contribution is -2.07. The highest BCUT2D eigenvalue weighted by Gasteiger charge is 2.13. The first-order valence-corrected chi connectivity index (χ1v) is 7.28. The van der Waals surface area contributed by atoms with Gasteiger partial charge in [0.05, 0.1) is 14.2 Å². The maximum absolute atomic E-state index is 11.8. The van der Waals surface area contributed by atoms with Gasteiger partial charge in [0.25, 0.3) is 0 Å². The molecule has 2 heterocycles. The minimum Gasteiger partial charge on any atom is -0.496 e. The molecule has 0 amide bonds. The van der Waals surface area contributed by atoms with E-state index in [2.05, 4.69) is 20.3 Å². The van der Waals surface area contributed by atoms with Crippen LogP contribution in [0.1, 0.15) is 15.9 Å². The molecule has 0 atom stereocenters. The van der Waals surface area contributed by atoms with E-state index >= 15 is 0 Å². The van der Waals surface area contributed by atoms with E-state index in [-0.39, 0.29) is 0 Å². The molecule has 7 nitrogen and oxygen atoms in total. The van der Waals surface area contributed by atoms with Gasteiger partial charge in [-0.2, -0.15) is 0 Å². The van der Waals surface area contributed by atoms with Gasteiger partial charge in [-0.05, 0) is 29.8 Å². The number of carbonyl (C=O) groups excluding carboxylic acids is 1. The van der Waals surface area contributed by atoms with Gasteiger partial charge in [0.1, 0.15) is 22.6 Å². The molecule has 0 aliphatic heterocycles. The predicted octanol–water partition coefficient (Wildman–Crippen LogP) is 2.43. The maximum atomic E-state index is 11.8. The fourth-order valence-electron chi connectivity index (χ4n) is 2.28. The Hall–Kier alpha value is -3.22. The van der Waals surface area contributed by atoms with Crippen LogP contribution in [0.5, 0.6) is 5.75 Å².